The van der Waals surface area contributed by atoms with Gasteiger partial charge in [0.2, 0.25) is 0 Å². The van der Waals surface area contributed by atoms with Crippen LogP contribution in [0.2, 0.25) is 5.02 Å². The van der Waals surface area contributed by atoms with E-state index in [1.165, 1.54) is 5.52 Å². The van der Waals surface area contributed by atoms with Crippen LogP contribution >= 0.6 is 11.6 Å². The van der Waals surface area contributed by atoms with Gasteiger partial charge >= 0.3 is 0 Å². The number of halogens is 1. The first-order chi connectivity index (χ1) is 9.40. The first-order valence-electron chi connectivity index (χ1n) is 7.30. The SMILES string of the molecule is CCCn1c(CCNC(C)(C)C)nc2cc(Cl)ccc21. The molecule has 20 heavy (non-hydrogen) atoms. The van der Waals surface area contributed by atoms with E-state index >= 15 is 0 Å². The molecule has 0 aliphatic heterocycles. The van der Waals surface area contributed by atoms with Gasteiger partial charge in [-0.05, 0) is 45.4 Å². The molecule has 0 saturated carbocycles. The van der Waals surface area contributed by atoms with Crippen molar-refractivity contribution in [1.82, 2.24) is 14.9 Å². The van der Waals surface area contributed by atoms with Crippen molar-refractivity contribution in [3.63, 3.8) is 0 Å². The average molecular weight is 294 g/mol. The molecule has 110 valence electrons. The fourth-order valence-electron chi connectivity index (χ4n) is 2.37. The molecule has 3 nitrogen and oxygen atoms in total. The van der Waals surface area contributed by atoms with Crippen LogP contribution in [0.4, 0.5) is 0 Å². The Hall–Kier alpha value is -1.06. The zero-order chi connectivity index (χ0) is 14.8. The van der Waals surface area contributed by atoms with Gasteiger partial charge in [0.05, 0.1) is 11.0 Å². The number of aryl methyl sites for hydroxylation is 1. The smallest absolute Gasteiger partial charge is 0.111 e. The molecule has 0 unspecified atom stereocenters. The molecule has 0 bridgehead atoms. The van der Waals surface area contributed by atoms with Crippen molar-refractivity contribution in [2.24, 2.45) is 0 Å². The van der Waals surface area contributed by atoms with Crippen LogP contribution in [-0.2, 0) is 13.0 Å². The van der Waals surface area contributed by atoms with Gasteiger partial charge in [0.15, 0.2) is 0 Å². The topological polar surface area (TPSA) is 29.9 Å². The molecule has 0 aliphatic rings. The molecule has 0 atom stereocenters. The molecule has 0 radical (unpaired) electrons. The van der Waals surface area contributed by atoms with E-state index in [1.54, 1.807) is 0 Å². The molecule has 0 aliphatic carbocycles. The fourth-order valence-corrected chi connectivity index (χ4v) is 2.53. The van der Waals surface area contributed by atoms with Crippen molar-refractivity contribution in [2.75, 3.05) is 6.54 Å². The van der Waals surface area contributed by atoms with E-state index in [2.05, 4.69) is 43.6 Å². The maximum atomic E-state index is 6.06. The highest BCUT2D eigenvalue weighted by Gasteiger charge is 2.12. The third-order valence-electron chi connectivity index (χ3n) is 3.24. The number of aromatic nitrogens is 2. The summed E-state index contributed by atoms with van der Waals surface area (Å²) in [5, 5.41) is 4.26. The summed E-state index contributed by atoms with van der Waals surface area (Å²) in [6, 6.07) is 5.96. The van der Waals surface area contributed by atoms with E-state index in [4.69, 9.17) is 16.6 Å². The van der Waals surface area contributed by atoms with Gasteiger partial charge in [-0.25, -0.2) is 4.98 Å². The second-order valence-corrected chi connectivity index (χ2v) is 6.68. The highest BCUT2D eigenvalue weighted by molar-refractivity contribution is 6.31. The van der Waals surface area contributed by atoms with Gasteiger partial charge in [-0.1, -0.05) is 18.5 Å². The van der Waals surface area contributed by atoms with Crippen LogP contribution in [-0.4, -0.2) is 21.6 Å². The quantitative estimate of drug-likeness (QED) is 0.902. The summed E-state index contributed by atoms with van der Waals surface area (Å²) in [7, 11) is 0. The summed E-state index contributed by atoms with van der Waals surface area (Å²) >= 11 is 6.06. The molecule has 0 saturated heterocycles. The van der Waals surface area contributed by atoms with E-state index in [-0.39, 0.29) is 5.54 Å². The minimum absolute atomic E-state index is 0.144. The predicted octanol–water partition coefficient (Wildman–Crippen LogP) is 4.03. The van der Waals surface area contributed by atoms with E-state index in [0.717, 1.165) is 42.3 Å². The molecular formula is C16H24ClN3. The van der Waals surface area contributed by atoms with Crippen LogP contribution in [0.1, 0.15) is 39.9 Å². The van der Waals surface area contributed by atoms with E-state index in [9.17, 15) is 0 Å². The predicted molar refractivity (Wildman–Crippen MR) is 86.5 cm³/mol. The maximum Gasteiger partial charge on any atom is 0.111 e. The summed E-state index contributed by atoms with van der Waals surface area (Å²) in [6.45, 7) is 10.7. The van der Waals surface area contributed by atoms with Crippen molar-refractivity contribution in [1.29, 1.82) is 0 Å². The average Bonchev–Trinajstić information content (AvgIpc) is 2.66. The number of nitrogens with zero attached hydrogens (tertiary/aromatic N) is 2. The molecule has 0 spiro atoms. The molecule has 2 rings (SSSR count). The van der Waals surface area contributed by atoms with Gasteiger partial charge in [-0.2, -0.15) is 0 Å². The Labute approximate surface area is 126 Å². The third-order valence-corrected chi connectivity index (χ3v) is 3.48. The highest BCUT2D eigenvalue weighted by atomic mass is 35.5. The van der Waals surface area contributed by atoms with Crippen LogP contribution in [0.25, 0.3) is 11.0 Å². The van der Waals surface area contributed by atoms with Crippen molar-refractivity contribution >= 4 is 22.6 Å². The van der Waals surface area contributed by atoms with Gasteiger partial charge < -0.3 is 9.88 Å². The van der Waals surface area contributed by atoms with Gasteiger partial charge in [-0.15, -0.1) is 0 Å². The Morgan fingerprint density at radius 2 is 2.05 bits per heavy atom. The Kier molecular flexibility index (Phi) is 4.71. The summed E-state index contributed by atoms with van der Waals surface area (Å²) in [5.41, 5.74) is 2.32. The number of nitrogens with one attached hydrogen (secondary N) is 1. The number of hydrogen-bond donors (Lipinski definition) is 1. The van der Waals surface area contributed by atoms with E-state index < -0.39 is 0 Å². The second kappa shape index (κ2) is 6.15. The van der Waals surface area contributed by atoms with Crippen LogP contribution < -0.4 is 5.32 Å². The van der Waals surface area contributed by atoms with Gasteiger partial charge in [-0.3, -0.25) is 0 Å². The van der Waals surface area contributed by atoms with Crippen molar-refractivity contribution in [3.05, 3.63) is 29.0 Å². The lowest BCUT2D eigenvalue weighted by atomic mass is 10.1. The Bertz CT molecular complexity index is 581. The van der Waals surface area contributed by atoms with Crippen LogP contribution in [0.15, 0.2) is 18.2 Å². The van der Waals surface area contributed by atoms with E-state index in [1.807, 2.05) is 12.1 Å². The van der Waals surface area contributed by atoms with Gasteiger partial charge in [0.1, 0.15) is 5.82 Å². The number of rotatable bonds is 5. The van der Waals surface area contributed by atoms with Gasteiger partial charge in [0, 0.05) is 30.1 Å². The normalized spacial score (nSPS) is 12.2. The molecular weight excluding hydrogens is 270 g/mol. The second-order valence-electron chi connectivity index (χ2n) is 6.24. The summed E-state index contributed by atoms with van der Waals surface area (Å²) in [6.07, 6.45) is 2.04. The van der Waals surface area contributed by atoms with Crippen molar-refractivity contribution in [2.45, 2.75) is 52.6 Å². The van der Waals surface area contributed by atoms with Crippen LogP contribution in [0, 0.1) is 0 Å². The molecule has 0 fully saturated rings. The zero-order valence-electron chi connectivity index (χ0n) is 12.8. The minimum Gasteiger partial charge on any atom is -0.328 e. The lowest BCUT2D eigenvalue weighted by Crippen LogP contribution is -2.37. The minimum atomic E-state index is 0.144. The molecule has 1 aromatic heterocycles. The Balaban J connectivity index is 2.24. The number of imidazole rings is 1. The Morgan fingerprint density at radius 3 is 2.70 bits per heavy atom. The monoisotopic (exact) mass is 293 g/mol. The molecule has 2 aromatic rings. The largest absolute Gasteiger partial charge is 0.328 e. The number of hydrogen-bond acceptors (Lipinski definition) is 2. The molecule has 1 aromatic carbocycles. The van der Waals surface area contributed by atoms with Crippen LogP contribution in [0.3, 0.4) is 0 Å². The molecule has 1 N–H and O–H groups in total. The lowest BCUT2D eigenvalue weighted by molar-refractivity contribution is 0.425. The number of benzene rings is 1. The van der Waals surface area contributed by atoms with Crippen molar-refractivity contribution in [3.8, 4) is 0 Å². The highest BCUT2D eigenvalue weighted by Crippen LogP contribution is 2.21. The Morgan fingerprint density at radius 1 is 1.30 bits per heavy atom. The fraction of sp³-hybridized carbons (Fsp3) is 0.562. The van der Waals surface area contributed by atoms with Crippen molar-refractivity contribution < 1.29 is 0 Å². The first kappa shape index (κ1) is 15.3. The molecule has 0 amide bonds. The maximum absolute atomic E-state index is 6.06. The summed E-state index contributed by atoms with van der Waals surface area (Å²) in [5.74, 6) is 1.14. The standard InChI is InChI=1S/C16H24ClN3/c1-5-10-20-14-7-6-12(17)11-13(14)19-15(20)8-9-18-16(2,3)4/h6-7,11,18H,5,8-10H2,1-4H3. The summed E-state index contributed by atoms with van der Waals surface area (Å²) < 4.78 is 2.32. The van der Waals surface area contributed by atoms with Crippen LogP contribution in [0.5, 0.6) is 0 Å². The lowest BCUT2D eigenvalue weighted by Gasteiger charge is -2.20. The van der Waals surface area contributed by atoms with Gasteiger partial charge in [0.25, 0.3) is 0 Å². The van der Waals surface area contributed by atoms with E-state index in [0.29, 0.717) is 0 Å². The molecule has 4 heteroatoms. The zero-order valence-corrected chi connectivity index (χ0v) is 13.6. The third kappa shape index (κ3) is 3.74. The number of fused-ring (bicyclic) bond motifs is 1. The molecule has 1 heterocycles. The summed E-state index contributed by atoms with van der Waals surface area (Å²) in [4.78, 5) is 4.75. The first-order valence-corrected chi connectivity index (χ1v) is 7.68.